The maximum atomic E-state index is 9.01. The highest BCUT2D eigenvalue weighted by Crippen LogP contribution is 2.21. The van der Waals surface area contributed by atoms with Gasteiger partial charge in [-0.05, 0) is 38.0 Å². The van der Waals surface area contributed by atoms with E-state index in [1.807, 2.05) is 26.0 Å². The molecule has 0 aliphatic rings. The fraction of sp³-hybridized carbons (Fsp3) is 0.533. The second-order valence-corrected chi connectivity index (χ2v) is 5.11. The maximum absolute atomic E-state index is 9.01. The number of rotatable bonds is 6. The summed E-state index contributed by atoms with van der Waals surface area (Å²) in [5.41, 5.74) is 0.895. The Morgan fingerprint density at radius 2 is 1.94 bits per heavy atom. The topological polar surface area (TPSA) is 45.0 Å². The first kappa shape index (κ1) is 14.5. The molecule has 1 aromatic rings. The first-order chi connectivity index (χ1) is 8.52. The van der Waals surface area contributed by atoms with E-state index in [1.165, 1.54) is 5.56 Å². The highest BCUT2D eigenvalue weighted by atomic mass is 16.5. The largest absolute Gasteiger partial charge is 0.497 e. The van der Waals surface area contributed by atoms with Crippen LogP contribution in [0.15, 0.2) is 24.3 Å². The zero-order chi connectivity index (χ0) is 13.6. The molecule has 0 amide bonds. The van der Waals surface area contributed by atoms with Crippen molar-refractivity contribution in [3.8, 4) is 11.8 Å². The van der Waals surface area contributed by atoms with Crippen LogP contribution in [0.1, 0.15) is 38.8 Å². The zero-order valence-corrected chi connectivity index (χ0v) is 11.7. The highest BCUT2D eigenvalue weighted by molar-refractivity contribution is 5.29. The molecular formula is C15H22N2O. The van der Waals surface area contributed by atoms with Crippen molar-refractivity contribution < 1.29 is 4.74 Å². The molecule has 3 heteroatoms. The Morgan fingerprint density at radius 3 is 2.39 bits per heavy atom. The molecule has 1 rings (SSSR count). The molecule has 0 saturated heterocycles. The van der Waals surface area contributed by atoms with Crippen molar-refractivity contribution in [2.45, 2.75) is 33.2 Å². The van der Waals surface area contributed by atoms with E-state index in [9.17, 15) is 0 Å². The van der Waals surface area contributed by atoms with E-state index >= 15 is 0 Å². The van der Waals surface area contributed by atoms with Crippen molar-refractivity contribution in [2.24, 2.45) is 5.41 Å². The number of ether oxygens (including phenoxy) is 1. The molecule has 1 unspecified atom stereocenters. The lowest BCUT2D eigenvalue weighted by Gasteiger charge is -2.22. The Balaban J connectivity index is 2.68. The second kappa shape index (κ2) is 6.42. The molecule has 0 aromatic heterocycles. The Morgan fingerprint density at radius 1 is 1.33 bits per heavy atom. The first-order valence-electron chi connectivity index (χ1n) is 6.31. The van der Waals surface area contributed by atoms with Gasteiger partial charge in [0, 0.05) is 12.6 Å². The third-order valence-electron chi connectivity index (χ3n) is 3.02. The van der Waals surface area contributed by atoms with Crippen LogP contribution in [-0.4, -0.2) is 13.7 Å². The van der Waals surface area contributed by atoms with Crippen LogP contribution in [0.4, 0.5) is 0 Å². The predicted octanol–water partition coefficient (Wildman–Crippen LogP) is 3.29. The summed E-state index contributed by atoms with van der Waals surface area (Å²) >= 11 is 0. The summed E-state index contributed by atoms with van der Waals surface area (Å²) in [7, 11) is 1.67. The molecule has 1 atom stereocenters. The number of nitrogens with one attached hydrogen (secondary N) is 1. The molecule has 0 heterocycles. The average Bonchev–Trinajstić information content (AvgIpc) is 2.40. The van der Waals surface area contributed by atoms with Crippen LogP contribution < -0.4 is 10.1 Å². The van der Waals surface area contributed by atoms with E-state index < -0.39 is 0 Å². The molecule has 18 heavy (non-hydrogen) atoms. The van der Waals surface area contributed by atoms with Crippen LogP contribution in [0.25, 0.3) is 0 Å². The van der Waals surface area contributed by atoms with Gasteiger partial charge in [0.05, 0.1) is 18.6 Å². The van der Waals surface area contributed by atoms with Crippen molar-refractivity contribution in [1.29, 1.82) is 5.26 Å². The van der Waals surface area contributed by atoms with Crippen molar-refractivity contribution >= 4 is 0 Å². The molecule has 0 radical (unpaired) electrons. The molecule has 3 nitrogen and oxygen atoms in total. The zero-order valence-electron chi connectivity index (χ0n) is 11.7. The van der Waals surface area contributed by atoms with Gasteiger partial charge < -0.3 is 10.1 Å². The fourth-order valence-electron chi connectivity index (χ4n) is 1.75. The highest BCUT2D eigenvalue weighted by Gasteiger charge is 2.18. The molecular weight excluding hydrogens is 224 g/mol. The van der Waals surface area contributed by atoms with Crippen LogP contribution in [0.5, 0.6) is 5.75 Å². The molecule has 0 spiro atoms. The molecule has 0 bridgehead atoms. The molecule has 0 aliphatic carbocycles. The van der Waals surface area contributed by atoms with Crippen LogP contribution >= 0.6 is 0 Å². The smallest absolute Gasteiger partial charge is 0.118 e. The van der Waals surface area contributed by atoms with Crippen molar-refractivity contribution in [2.75, 3.05) is 13.7 Å². The molecule has 0 aliphatic heterocycles. The van der Waals surface area contributed by atoms with Crippen molar-refractivity contribution in [1.82, 2.24) is 5.32 Å². The lowest BCUT2D eigenvalue weighted by Crippen LogP contribution is -2.31. The molecule has 0 fully saturated rings. The van der Waals surface area contributed by atoms with E-state index in [2.05, 4.69) is 30.4 Å². The Hall–Kier alpha value is -1.53. The van der Waals surface area contributed by atoms with Crippen molar-refractivity contribution in [3.63, 3.8) is 0 Å². The number of methoxy groups -OCH3 is 1. The Kier molecular flexibility index (Phi) is 5.18. The summed E-state index contributed by atoms with van der Waals surface area (Å²) in [6.45, 7) is 6.72. The van der Waals surface area contributed by atoms with Gasteiger partial charge in [0.25, 0.3) is 0 Å². The molecule has 1 N–H and O–H groups in total. The van der Waals surface area contributed by atoms with Crippen LogP contribution in [0.2, 0.25) is 0 Å². The van der Waals surface area contributed by atoms with E-state index in [0.717, 1.165) is 12.2 Å². The van der Waals surface area contributed by atoms with Crippen LogP contribution in [0, 0.1) is 16.7 Å². The van der Waals surface area contributed by atoms with Gasteiger partial charge in [0.2, 0.25) is 0 Å². The van der Waals surface area contributed by atoms with Crippen LogP contribution in [-0.2, 0) is 0 Å². The fourth-order valence-corrected chi connectivity index (χ4v) is 1.75. The van der Waals surface area contributed by atoms with Gasteiger partial charge in [-0.1, -0.05) is 19.1 Å². The third-order valence-corrected chi connectivity index (χ3v) is 3.02. The Labute approximate surface area is 110 Å². The summed E-state index contributed by atoms with van der Waals surface area (Å²) in [6.07, 6.45) is 0.994. The number of nitriles is 1. The minimum atomic E-state index is -0.333. The van der Waals surface area contributed by atoms with Crippen molar-refractivity contribution in [3.05, 3.63) is 29.8 Å². The predicted molar refractivity (Wildman–Crippen MR) is 73.4 cm³/mol. The number of benzene rings is 1. The summed E-state index contributed by atoms with van der Waals surface area (Å²) in [5, 5.41) is 12.5. The quantitative estimate of drug-likeness (QED) is 0.837. The van der Waals surface area contributed by atoms with E-state index in [4.69, 9.17) is 10.00 Å². The van der Waals surface area contributed by atoms with E-state index in [1.54, 1.807) is 7.11 Å². The summed E-state index contributed by atoms with van der Waals surface area (Å²) in [4.78, 5) is 0. The molecule has 1 aromatic carbocycles. The van der Waals surface area contributed by atoms with Gasteiger partial charge in [0.15, 0.2) is 0 Å². The lowest BCUT2D eigenvalue weighted by molar-refractivity contribution is 0.397. The van der Waals surface area contributed by atoms with Gasteiger partial charge in [-0.25, -0.2) is 0 Å². The minimum Gasteiger partial charge on any atom is -0.497 e. The maximum Gasteiger partial charge on any atom is 0.118 e. The minimum absolute atomic E-state index is 0.281. The van der Waals surface area contributed by atoms with E-state index in [-0.39, 0.29) is 11.5 Å². The standard InChI is InChI=1S/C15H22N2O/c1-5-14(17-11-15(2,3)10-16)12-6-8-13(18-4)9-7-12/h6-9,14,17H,5,11H2,1-4H3. The summed E-state index contributed by atoms with van der Waals surface area (Å²) < 4.78 is 5.15. The molecule has 0 saturated carbocycles. The van der Waals surface area contributed by atoms with E-state index in [0.29, 0.717) is 6.54 Å². The average molecular weight is 246 g/mol. The third kappa shape index (κ3) is 4.05. The van der Waals surface area contributed by atoms with Crippen LogP contribution in [0.3, 0.4) is 0 Å². The number of hydrogen-bond donors (Lipinski definition) is 1. The summed E-state index contributed by atoms with van der Waals surface area (Å²) in [6, 6.07) is 10.7. The second-order valence-electron chi connectivity index (χ2n) is 5.11. The number of hydrogen-bond acceptors (Lipinski definition) is 3. The lowest BCUT2D eigenvalue weighted by atomic mass is 9.94. The monoisotopic (exact) mass is 246 g/mol. The van der Waals surface area contributed by atoms with Gasteiger partial charge in [-0.3, -0.25) is 0 Å². The summed E-state index contributed by atoms with van der Waals surface area (Å²) in [5.74, 6) is 0.867. The van der Waals surface area contributed by atoms with Gasteiger partial charge >= 0.3 is 0 Å². The van der Waals surface area contributed by atoms with Gasteiger partial charge in [-0.15, -0.1) is 0 Å². The van der Waals surface area contributed by atoms with Gasteiger partial charge in [-0.2, -0.15) is 5.26 Å². The Bertz CT molecular complexity index is 403. The molecule has 98 valence electrons. The SMILES string of the molecule is CCC(NCC(C)(C)C#N)c1ccc(OC)cc1. The first-order valence-corrected chi connectivity index (χ1v) is 6.31. The number of nitrogens with zero attached hydrogens (tertiary/aromatic N) is 1. The normalized spacial score (nSPS) is 12.8. The van der Waals surface area contributed by atoms with Gasteiger partial charge in [0.1, 0.15) is 5.75 Å².